The molecule has 2 aliphatic carbocycles. The van der Waals surface area contributed by atoms with Crippen LogP contribution in [0.5, 0.6) is 0 Å². The van der Waals surface area contributed by atoms with E-state index < -0.39 is 13.4 Å². The molecule has 0 spiro atoms. The summed E-state index contributed by atoms with van der Waals surface area (Å²) in [7, 11) is -4.49. The molecular formula is C18H27N2O5P. The predicted octanol–water partition coefficient (Wildman–Crippen LogP) is 2.91. The van der Waals surface area contributed by atoms with Crippen LogP contribution in [0.25, 0.3) is 0 Å². The van der Waals surface area contributed by atoms with Crippen molar-refractivity contribution in [3.63, 3.8) is 0 Å². The minimum Gasteiger partial charge on any atom is -0.395 e. The van der Waals surface area contributed by atoms with Crippen molar-refractivity contribution >= 4 is 13.5 Å². The zero-order valence-corrected chi connectivity index (χ0v) is 15.9. The van der Waals surface area contributed by atoms with Gasteiger partial charge in [-0.05, 0) is 62.0 Å². The molecule has 0 unspecified atom stereocenters. The standard InChI is InChI=1S/C18H27N2O5P/c1-13(20-24-11-14-2-3-14)15-4-6-16(7-5-15)17-8-9-18(19,10-17)12-25-26(21,22)23/h4-7,14,17H,2-3,8-12,19H2,1H3,(H2,21,22,23)/b20-13-/t17-,18-/m1/s1. The molecule has 0 bridgehead atoms. The summed E-state index contributed by atoms with van der Waals surface area (Å²) in [5, 5.41) is 4.18. The first-order chi connectivity index (χ1) is 12.2. The number of rotatable bonds is 8. The van der Waals surface area contributed by atoms with Crippen LogP contribution in [0.1, 0.15) is 56.1 Å². The number of oxime groups is 1. The topological polar surface area (TPSA) is 114 Å². The Morgan fingerprint density at radius 2 is 2.00 bits per heavy atom. The highest BCUT2D eigenvalue weighted by atomic mass is 31.2. The Hall–Kier alpha value is -1.24. The number of hydrogen-bond acceptors (Lipinski definition) is 5. The number of phosphoric acid groups is 1. The Labute approximate surface area is 153 Å². The van der Waals surface area contributed by atoms with Crippen LogP contribution < -0.4 is 5.73 Å². The van der Waals surface area contributed by atoms with Crippen molar-refractivity contribution in [2.24, 2.45) is 16.8 Å². The molecule has 1 aromatic carbocycles. The zero-order valence-electron chi connectivity index (χ0n) is 15.0. The summed E-state index contributed by atoms with van der Waals surface area (Å²) < 4.78 is 15.5. The number of nitrogens with two attached hydrogens (primary N) is 1. The molecule has 1 aromatic rings. The van der Waals surface area contributed by atoms with Gasteiger partial charge in [0.15, 0.2) is 0 Å². The van der Waals surface area contributed by atoms with E-state index >= 15 is 0 Å². The lowest BCUT2D eigenvalue weighted by Gasteiger charge is -2.24. The third kappa shape index (κ3) is 5.63. The SMILES string of the molecule is C/C(=N/OCC1CC1)c1ccc([C@@H]2CC[C@](N)(COP(=O)(O)O)C2)cc1. The second-order valence-electron chi connectivity index (χ2n) is 7.60. The fourth-order valence-electron chi connectivity index (χ4n) is 3.36. The summed E-state index contributed by atoms with van der Waals surface area (Å²) >= 11 is 0. The van der Waals surface area contributed by atoms with Crippen LogP contribution in [0.15, 0.2) is 29.4 Å². The maximum atomic E-state index is 10.9. The van der Waals surface area contributed by atoms with Gasteiger partial charge in [0.1, 0.15) is 6.61 Å². The van der Waals surface area contributed by atoms with Crippen molar-refractivity contribution in [3.8, 4) is 0 Å². The Morgan fingerprint density at radius 3 is 2.62 bits per heavy atom. The van der Waals surface area contributed by atoms with Gasteiger partial charge in [0, 0.05) is 5.54 Å². The van der Waals surface area contributed by atoms with Gasteiger partial charge in [-0.2, -0.15) is 0 Å². The van der Waals surface area contributed by atoms with E-state index in [4.69, 9.17) is 20.4 Å². The van der Waals surface area contributed by atoms with Crippen LogP contribution >= 0.6 is 7.82 Å². The molecule has 0 aromatic heterocycles. The van der Waals surface area contributed by atoms with Gasteiger partial charge < -0.3 is 20.4 Å². The molecule has 4 N–H and O–H groups in total. The first kappa shape index (κ1) is 19.5. The van der Waals surface area contributed by atoms with Gasteiger partial charge in [-0.1, -0.05) is 29.4 Å². The third-order valence-electron chi connectivity index (χ3n) is 5.17. The van der Waals surface area contributed by atoms with Gasteiger partial charge in [-0.15, -0.1) is 0 Å². The highest BCUT2D eigenvalue weighted by Crippen LogP contribution is 2.43. The molecule has 0 aliphatic heterocycles. The summed E-state index contributed by atoms with van der Waals surface area (Å²) in [5.74, 6) is 0.945. The molecule has 2 atom stereocenters. The first-order valence-electron chi connectivity index (χ1n) is 9.00. The number of phosphoric ester groups is 1. The molecule has 2 saturated carbocycles. The fraction of sp³-hybridized carbons (Fsp3) is 0.611. The van der Waals surface area contributed by atoms with Gasteiger partial charge in [0.2, 0.25) is 0 Å². The number of hydrogen-bond donors (Lipinski definition) is 3. The van der Waals surface area contributed by atoms with Crippen molar-refractivity contribution in [2.75, 3.05) is 13.2 Å². The normalized spacial score (nSPS) is 26.9. The van der Waals surface area contributed by atoms with E-state index in [2.05, 4.69) is 21.8 Å². The van der Waals surface area contributed by atoms with Crippen LogP contribution in [0, 0.1) is 5.92 Å². The molecule has 144 valence electrons. The van der Waals surface area contributed by atoms with Crippen LogP contribution in [0.3, 0.4) is 0 Å². The maximum absolute atomic E-state index is 10.9. The van der Waals surface area contributed by atoms with Crippen molar-refractivity contribution in [3.05, 3.63) is 35.4 Å². The van der Waals surface area contributed by atoms with Crippen LogP contribution in [0.2, 0.25) is 0 Å². The third-order valence-corrected chi connectivity index (χ3v) is 5.64. The summed E-state index contributed by atoms with van der Waals surface area (Å²) in [6.07, 6.45) is 4.68. The molecule has 0 saturated heterocycles. The Morgan fingerprint density at radius 1 is 1.31 bits per heavy atom. The average Bonchev–Trinajstić information content (AvgIpc) is 3.33. The average molecular weight is 382 g/mol. The molecule has 2 aliphatic rings. The van der Waals surface area contributed by atoms with Crippen molar-refractivity contribution in [1.29, 1.82) is 0 Å². The monoisotopic (exact) mass is 382 g/mol. The minimum atomic E-state index is -4.49. The number of benzene rings is 1. The van der Waals surface area contributed by atoms with Crippen LogP contribution in [0.4, 0.5) is 0 Å². The summed E-state index contributed by atoms with van der Waals surface area (Å²) in [5.41, 5.74) is 8.60. The van der Waals surface area contributed by atoms with E-state index in [0.717, 1.165) is 17.7 Å². The molecule has 8 heteroatoms. The van der Waals surface area contributed by atoms with E-state index in [9.17, 15) is 4.57 Å². The maximum Gasteiger partial charge on any atom is 0.469 e. The lowest BCUT2D eigenvalue weighted by molar-refractivity contribution is 0.134. The zero-order chi connectivity index (χ0) is 18.8. The highest BCUT2D eigenvalue weighted by molar-refractivity contribution is 7.46. The predicted molar refractivity (Wildman–Crippen MR) is 98.8 cm³/mol. The lowest BCUT2D eigenvalue weighted by Crippen LogP contribution is -2.41. The van der Waals surface area contributed by atoms with Gasteiger partial charge in [0.05, 0.1) is 12.3 Å². The molecule has 0 heterocycles. The van der Waals surface area contributed by atoms with E-state index in [-0.39, 0.29) is 12.5 Å². The largest absolute Gasteiger partial charge is 0.469 e. The van der Waals surface area contributed by atoms with E-state index in [0.29, 0.717) is 25.4 Å². The van der Waals surface area contributed by atoms with Gasteiger partial charge >= 0.3 is 7.82 Å². The lowest BCUT2D eigenvalue weighted by atomic mass is 9.93. The van der Waals surface area contributed by atoms with Gasteiger partial charge in [-0.3, -0.25) is 4.52 Å². The second-order valence-corrected chi connectivity index (χ2v) is 8.84. The quantitative estimate of drug-likeness (QED) is 0.362. The fourth-order valence-corrected chi connectivity index (χ4v) is 3.78. The minimum absolute atomic E-state index is 0.129. The molecule has 3 rings (SSSR count). The molecule has 26 heavy (non-hydrogen) atoms. The molecular weight excluding hydrogens is 355 g/mol. The Kier molecular flexibility index (Phi) is 5.85. The van der Waals surface area contributed by atoms with Crippen LogP contribution in [-0.4, -0.2) is 34.3 Å². The van der Waals surface area contributed by atoms with Crippen LogP contribution in [-0.2, 0) is 13.9 Å². The van der Waals surface area contributed by atoms with Crippen molar-refractivity contribution in [2.45, 2.75) is 50.5 Å². The van der Waals surface area contributed by atoms with Crippen molar-refractivity contribution in [1.82, 2.24) is 0 Å². The molecule has 2 fully saturated rings. The first-order valence-corrected chi connectivity index (χ1v) is 10.5. The Bertz CT molecular complexity index is 698. The van der Waals surface area contributed by atoms with Gasteiger partial charge in [-0.25, -0.2) is 4.57 Å². The van der Waals surface area contributed by atoms with E-state index in [1.54, 1.807) is 0 Å². The second kappa shape index (κ2) is 7.79. The van der Waals surface area contributed by atoms with Gasteiger partial charge in [0.25, 0.3) is 0 Å². The smallest absolute Gasteiger partial charge is 0.395 e. The molecule has 0 amide bonds. The van der Waals surface area contributed by atoms with E-state index in [1.165, 1.54) is 18.4 Å². The number of nitrogens with zero attached hydrogens (tertiary/aromatic N) is 1. The highest BCUT2D eigenvalue weighted by Gasteiger charge is 2.38. The van der Waals surface area contributed by atoms with E-state index in [1.807, 2.05) is 19.1 Å². The molecule has 7 nitrogen and oxygen atoms in total. The summed E-state index contributed by atoms with van der Waals surface area (Å²) in [4.78, 5) is 23.1. The molecule has 0 radical (unpaired) electrons. The van der Waals surface area contributed by atoms with Crippen molar-refractivity contribution < 1.29 is 23.7 Å². The summed E-state index contributed by atoms with van der Waals surface area (Å²) in [6.45, 7) is 2.50. The Balaban J connectivity index is 1.55. The summed E-state index contributed by atoms with van der Waals surface area (Å²) in [6, 6.07) is 8.18.